The van der Waals surface area contributed by atoms with Crippen molar-refractivity contribution in [1.29, 1.82) is 0 Å². The largest absolute Gasteiger partial charge is 0.451 e. The number of benzene rings is 1. The van der Waals surface area contributed by atoms with Crippen LogP contribution in [-0.2, 0) is 12.7 Å². The van der Waals surface area contributed by atoms with Crippen LogP contribution in [0.1, 0.15) is 24.2 Å². The van der Waals surface area contributed by atoms with Crippen molar-refractivity contribution < 1.29 is 17.6 Å². The van der Waals surface area contributed by atoms with Crippen LogP contribution in [-0.4, -0.2) is 25.6 Å². The molecule has 1 aromatic carbocycles. The van der Waals surface area contributed by atoms with Crippen molar-refractivity contribution in [2.45, 2.75) is 31.6 Å². The minimum absolute atomic E-state index is 0.0220. The van der Waals surface area contributed by atoms with E-state index in [-0.39, 0.29) is 29.6 Å². The van der Waals surface area contributed by atoms with Gasteiger partial charge < -0.3 is 9.88 Å². The molecule has 0 aliphatic heterocycles. The highest BCUT2D eigenvalue weighted by molar-refractivity contribution is 5.83. The molecule has 1 saturated carbocycles. The summed E-state index contributed by atoms with van der Waals surface area (Å²) < 4.78 is 54.6. The predicted molar refractivity (Wildman–Crippen MR) is 82.5 cm³/mol. The molecule has 0 bridgehead atoms. The van der Waals surface area contributed by atoms with Gasteiger partial charge in [0.15, 0.2) is 11.5 Å². The van der Waals surface area contributed by atoms with E-state index in [1.807, 2.05) is 0 Å². The Bertz CT molecular complexity index is 930. The number of rotatable bonds is 4. The third kappa shape index (κ3) is 3.13. The first-order chi connectivity index (χ1) is 11.9. The minimum atomic E-state index is -4.68. The van der Waals surface area contributed by atoms with E-state index >= 15 is 0 Å². The Labute approximate surface area is 139 Å². The lowest BCUT2D eigenvalue weighted by atomic mass is 10.2. The first-order valence-corrected chi connectivity index (χ1v) is 7.72. The lowest BCUT2D eigenvalue weighted by Crippen LogP contribution is -2.15. The first-order valence-electron chi connectivity index (χ1n) is 7.72. The lowest BCUT2D eigenvalue weighted by Gasteiger charge is -2.11. The number of imidazole rings is 1. The molecule has 1 fully saturated rings. The van der Waals surface area contributed by atoms with Crippen LogP contribution in [0.4, 0.5) is 23.4 Å². The lowest BCUT2D eigenvalue weighted by molar-refractivity contribution is -0.144. The third-order valence-electron chi connectivity index (χ3n) is 3.93. The van der Waals surface area contributed by atoms with E-state index in [1.165, 1.54) is 17.0 Å². The standard InChI is InChI=1S/C16H13F4N5/c17-11-4-2-1-3-9(11)7-25-8-21-12-13(22-10-5-6-10)23-15(16(18,19)20)24-14(12)25/h1-4,8,10H,5-7H2,(H,22,23,24). The molecule has 4 rings (SSSR count). The van der Waals surface area contributed by atoms with Gasteiger partial charge in [-0.2, -0.15) is 13.2 Å². The maximum absolute atomic E-state index is 13.9. The van der Waals surface area contributed by atoms with Gasteiger partial charge in [-0.15, -0.1) is 0 Å². The summed E-state index contributed by atoms with van der Waals surface area (Å²) >= 11 is 0. The average Bonchev–Trinajstić information content (AvgIpc) is 3.28. The molecule has 5 nitrogen and oxygen atoms in total. The Balaban J connectivity index is 1.81. The molecule has 0 radical (unpaired) electrons. The minimum Gasteiger partial charge on any atom is -0.365 e. The summed E-state index contributed by atoms with van der Waals surface area (Å²) in [7, 11) is 0. The normalized spacial score (nSPS) is 14.9. The number of halogens is 4. The molecule has 0 saturated heterocycles. The van der Waals surface area contributed by atoms with Gasteiger partial charge in [0.2, 0.25) is 5.82 Å². The predicted octanol–water partition coefficient (Wildman–Crippen LogP) is 3.61. The van der Waals surface area contributed by atoms with Crippen molar-refractivity contribution in [2.75, 3.05) is 5.32 Å². The molecule has 9 heteroatoms. The van der Waals surface area contributed by atoms with Crippen LogP contribution >= 0.6 is 0 Å². The van der Waals surface area contributed by atoms with Gasteiger partial charge in [0.1, 0.15) is 11.3 Å². The van der Waals surface area contributed by atoms with Gasteiger partial charge in [0.05, 0.1) is 12.9 Å². The molecule has 2 heterocycles. The second-order valence-electron chi connectivity index (χ2n) is 5.95. The van der Waals surface area contributed by atoms with Gasteiger partial charge in [-0.1, -0.05) is 18.2 Å². The van der Waals surface area contributed by atoms with E-state index in [1.54, 1.807) is 18.2 Å². The Hall–Kier alpha value is -2.71. The average molecular weight is 351 g/mol. The van der Waals surface area contributed by atoms with Gasteiger partial charge in [0.25, 0.3) is 0 Å². The summed E-state index contributed by atoms with van der Waals surface area (Å²) in [5.74, 6) is -1.61. The summed E-state index contributed by atoms with van der Waals surface area (Å²) in [6, 6.07) is 6.18. The topological polar surface area (TPSA) is 55.6 Å². The van der Waals surface area contributed by atoms with E-state index in [9.17, 15) is 17.6 Å². The van der Waals surface area contributed by atoms with Crippen LogP contribution in [0.2, 0.25) is 0 Å². The Morgan fingerprint density at radius 3 is 2.60 bits per heavy atom. The number of nitrogens with zero attached hydrogens (tertiary/aromatic N) is 4. The summed E-state index contributed by atoms with van der Waals surface area (Å²) in [4.78, 5) is 11.3. The van der Waals surface area contributed by atoms with E-state index in [0.29, 0.717) is 5.56 Å². The molecule has 1 aliphatic carbocycles. The Morgan fingerprint density at radius 1 is 1.16 bits per heavy atom. The number of fused-ring (bicyclic) bond motifs is 1. The fraction of sp³-hybridized carbons (Fsp3) is 0.312. The first kappa shape index (κ1) is 15.8. The maximum atomic E-state index is 13.9. The molecule has 0 atom stereocenters. The molecular weight excluding hydrogens is 338 g/mol. The van der Waals surface area contributed by atoms with Gasteiger partial charge in [0, 0.05) is 11.6 Å². The van der Waals surface area contributed by atoms with E-state index < -0.39 is 17.8 Å². The molecule has 0 spiro atoms. The highest BCUT2D eigenvalue weighted by Gasteiger charge is 2.37. The summed E-state index contributed by atoms with van der Waals surface area (Å²) in [5, 5.41) is 2.96. The zero-order chi connectivity index (χ0) is 17.6. The monoisotopic (exact) mass is 351 g/mol. The fourth-order valence-corrected chi connectivity index (χ4v) is 2.52. The van der Waals surface area contributed by atoms with Crippen LogP contribution in [0.15, 0.2) is 30.6 Å². The van der Waals surface area contributed by atoms with Crippen LogP contribution in [0.5, 0.6) is 0 Å². The molecule has 0 amide bonds. The number of anilines is 1. The van der Waals surface area contributed by atoms with Crippen LogP contribution in [0, 0.1) is 5.82 Å². The molecule has 2 aromatic heterocycles. The van der Waals surface area contributed by atoms with Crippen molar-refractivity contribution in [3.05, 3.63) is 47.8 Å². The van der Waals surface area contributed by atoms with Gasteiger partial charge >= 0.3 is 6.18 Å². The second kappa shape index (κ2) is 5.68. The maximum Gasteiger partial charge on any atom is 0.451 e. The third-order valence-corrected chi connectivity index (χ3v) is 3.93. The molecular formula is C16H13F4N5. The molecule has 25 heavy (non-hydrogen) atoms. The quantitative estimate of drug-likeness (QED) is 0.730. The molecule has 130 valence electrons. The summed E-state index contributed by atoms with van der Waals surface area (Å²) in [5.41, 5.74) is 0.607. The van der Waals surface area contributed by atoms with Gasteiger partial charge in [-0.3, -0.25) is 0 Å². The number of hydrogen-bond acceptors (Lipinski definition) is 4. The molecule has 0 unspecified atom stereocenters. The van der Waals surface area contributed by atoms with Crippen molar-refractivity contribution in [2.24, 2.45) is 0 Å². The van der Waals surface area contributed by atoms with Crippen molar-refractivity contribution in [3.63, 3.8) is 0 Å². The highest BCUT2D eigenvalue weighted by atomic mass is 19.4. The number of hydrogen-bond donors (Lipinski definition) is 1. The van der Waals surface area contributed by atoms with E-state index in [4.69, 9.17) is 0 Å². The zero-order valence-corrected chi connectivity index (χ0v) is 12.9. The Kier molecular flexibility index (Phi) is 3.59. The van der Waals surface area contributed by atoms with Crippen LogP contribution in [0.3, 0.4) is 0 Å². The number of aromatic nitrogens is 4. The van der Waals surface area contributed by atoms with Gasteiger partial charge in [-0.25, -0.2) is 19.3 Å². The summed E-state index contributed by atoms with van der Waals surface area (Å²) in [6.45, 7) is 0.0281. The highest BCUT2D eigenvalue weighted by Crippen LogP contribution is 2.32. The van der Waals surface area contributed by atoms with Gasteiger partial charge in [-0.05, 0) is 18.9 Å². The van der Waals surface area contributed by atoms with Crippen LogP contribution < -0.4 is 5.32 Å². The van der Waals surface area contributed by atoms with Crippen LogP contribution in [0.25, 0.3) is 11.2 Å². The van der Waals surface area contributed by atoms with E-state index in [0.717, 1.165) is 12.8 Å². The molecule has 1 aliphatic rings. The Morgan fingerprint density at radius 2 is 1.92 bits per heavy atom. The second-order valence-corrected chi connectivity index (χ2v) is 5.95. The smallest absolute Gasteiger partial charge is 0.365 e. The van der Waals surface area contributed by atoms with Crippen molar-refractivity contribution >= 4 is 17.0 Å². The van der Waals surface area contributed by atoms with Crippen molar-refractivity contribution in [1.82, 2.24) is 19.5 Å². The van der Waals surface area contributed by atoms with Crippen molar-refractivity contribution in [3.8, 4) is 0 Å². The number of alkyl halides is 3. The van der Waals surface area contributed by atoms with E-state index in [2.05, 4.69) is 20.3 Å². The zero-order valence-electron chi connectivity index (χ0n) is 12.9. The number of nitrogens with one attached hydrogen (secondary N) is 1. The summed E-state index contributed by atoms with van der Waals surface area (Å²) in [6.07, 6.45) is -1.57. The molecule has 1 N–H and O–H groups in total. The molecule has 3 aromatic rings. The SMILES string of the molecule is Fc1ccccc1Cn1cnc2c(NC3CC3)nc(C(F)(F)F)nc21. The fourth-order valence-electron chi connectivity index (χ4n) is 2.52.